The number of unbranched alkanes of at least 4 members (excludes halogenated alkanes) is 1. The Morgan fingerprint density at radius 2 is 2.25 bits per heavy atom. The number of likely N-dealkylation sites (tertiary alicyclic amines) is 1. The third-order valence-corrected chi connectivity index (χ3v) is 2.89. The standard InChI is InChI=1S/C10H22N2/c1-10-5-4-8-12(9-10)7-3-2-6-11/h10H,2-9,11H2,1H3/p+2/t10-/m0/s1. The van der Waals surface area contributed by atoms with E-state index in [0.717, 1.165) is 12.5 Å². The van der Waals surface area contributed by atoms with Crippen LogP contribution in [0.3, 0.4) is 0 Å². The number of quaternary nitrogens is 2. The second-order valence-corrected chi connectivity index (χ2v) is 4.26. The molecule has 12 heavy (non-hydrogen) atoms. The first-order valence-corrected chi connectivity index (χ1v) is 5.45. The van der Waals surface area contributed by atoms with Crippen molar-refractivity contribution in [3.8, 4) is 0 Å². The highest BCUT2D eigenvalue weighted by molar-refractivity contribution is 4.55. The van der Waals surface area contributed by atoms with Gasteiger partial charge in [0.2, 0.25) is 0 Å². The van der Waals surface area contributed by atoms with Crippen molar-refractivity contribution in [2.24, 2.45) is 5.92 Å². The Bertz CT molecular complexity index is 114. The highest BCUT2D eigenvalue weighted by atomic mass is 15.1. The quantitative estimate of drug-likeness (QED) is 0.527. The summed E-state index contributed by atoms with van der Waals surface area (Å²) >= 11 is 0. The molecule has 1 unspecified atom stereocenters. The van der Waals surface area contributed by atoms with Gasteiger partial charge in [-0.1, -0.05) is 6.92 Å². The smallest absolute Gasteiger partial charge is 0.0796 e. The van der Waals surface area contributed by atoms with Crippen LogP contribution < -0.4 is 10.6 Å². The maximum Gasteiger partial charge on any atom is 0.0796 e. The third-order valence-electron chi connectivity index (χ3n) is 2.89. The molecule has 0 amide bonds. The number of hydrogen-bond acceptors (Lipinski definition) is 0. The lowest BCUT2D eigenvalue weighted by Crippen LogP contribution is -3.13. The van der Waals surface area contributed by atoms with Gasteiger partial charge in [-0.15, -0.1) is 0 Å². The summed E-state index contributed by atoms with van der Waals surface area (Å²) in [5, 5.41) is 0. The molecule has 0 bridgehead atoms. The van der Waals surface area contributed by atoms with E-state index in [1.54, 1.807) is 0 Å². The fourth-order valence-corrected chi connectivity index (χ4v) is 2.18. The lowest BCUT2D eigenvalue weighted by molar-refractivity contribution is -0.908. The Morgan fingerprint density at radius 3 is 2.92 bits per heavy atom. The van der Waals surface area contributed by atoms with Gasteiger partial charge in [-0.2, -0.15) is 0 Å². The van der Waals surface area contributed by atoms with Gasteiger partial charge < -0.3 is 10.6 Å². The molecule has 72 valence electrons. The molecule has 0 saturated carbocycles. The summed E-state index contributed by atoms with van der Waals surface area (Å²) in [7, 11) is 0. The minimum Gasteiger partial charge on any atom is -0.358 e. The Balaban J connectivity index is 2.06. The van der Waals surface area contributed by atoms with Crippen molar-refractivity contribution in [3.63, 3.8) is 0 Å². The summed E-state index contributed by atoms with van der Waals surface area (Å²) in [6.07, 6.45) is 5.60. The predicted octanol–water partition coefficient (Wildman–Crippen LogP) is -0.677. The lowest BCUT2D eigenvalue weighted by Gasteiger charge is -2.27. The molecule has 0 aromatic heterocycles. The van der Waals surface area contributed by atoms with E-state index in [2.05, 4.69) is 12.7 Å². The zero-order valence-corrected chi connectivity index (χ0v) is 8.44. The van der Waals surface area contributed by atoms with E-state index in [0.29, 0.717) is 0 Å². The predicted molar refractivity (Wildman–Crippen MR) is 51.0 cm³/mol. The molecule has 1 rings (SSSR count). The minimum absolute atomic E-state index is 0.966. The molecule has 4 N–H and O–H groups in total. The molecule has 2 atom stereocenters. The van der Waals surface area contributed by atoms with Gasteiger partial charge in [-0.3, -0.25) is 0 Å². The topological polar surface area (TPSA) is 32.1 Å². The Labute approximate surface area is 76.1 Å². The van der Waals surface area contributed by atoms with Crippen LogP contribution >= 0.6 is 0 Å². The van der Waals surface area contributed by atoms with Crippen LogP contribution in [0.1, 0.15) is 32.6 Å². The zero-order valence-electron chi connectivity index (χ0n) is 8.44. The molecule has 1 heterocycles. The van der Waals surface area contributed by atoms with Crippen LogP contribution in [0.15, 0.2) is 0 Å². The average Bonchev–Trinajstić information content (AvgIpc) is 2.05. The van der Waals surface area contributed by atoms with E-state index in [4.69, 9.17) is 0 Å². The fraction of sp³-hybridized carbons (Fsp3) is 1.00. The Morgan fingerprint density at radius 1 is 1.42 bits per heavy atom. The van der Waals surface area contributed by atoms with Crippen molar-refractivity contribution in [2.45, 2.75) is 32.6 Å². The second-order valence-electron chi connectivity index (χ2n) is 4.26. The van der Waals surface area contributed by atoms with Crippen LogP contribution in [0.2, 0.25) is 0 Å². The highest BCUT2D eigenvalue weighted by Gasteiger charge is 2.18. The first-order valence-electron chi connectivity index (χ1n) is 5.45. The van der Waals surface area contributed by atoms with Gasteiger partial charge >= 0.3 is 0 Å². The van der Waals surface area contributed by atoms with Gasteiger partial charge in [-0.05, 0) is 12.8 Å². The van der Waals surface area contributed by atoms with Gasteiger partial charge in [0, 0.05) is 18.8 Å². The number of rotatable bonds is 4. The number of piperidine rings is 1. The van der Waals surface area contributed by atoms with Crippen molar-refractivity contribution < 1.29 is 10.6 Å². The van der Waals surface area contributed by atoms with Gasteiger partial charge in [0.15, 0.2) is 0 Å². The maximum absolute atomic E-state index is 3.87. The van der Waals surface area contributed by atoms with Crippen molar-refractivity contribution in [1.82, 2.24) is 0 Å². The van der Waals surface area contributed by atoms with Crippen molar-refractivity contribution in [3.05, 3.63) is 0 Å². The molecule has 0 aromatic rings. The summed E-state index contributed by atoms with van der Waals surface area (Å²) in [6, 6.07) is 0. The normalized spacial score (nSPS) is 30.5. The van der Waals surface area contributed by atoms with Crippen molar-refractivity contribution in [1.29, 1.82) is 0 Å². The van der Waals surface area contributed by atoms with Gasteiger partial charge in [0.1, 0.15) is 0 Å². The van der Waals surface area contributed by atoms with E-state index in [-0.39, 0.29) is 0 Å². The average molecular weight is 172 g/mol. The maximum atomic E-state index is 3.87. The van der Waals surface area contributed by atoms with Crippen molar-refractivity contribution in [2.75, 3.05) is 26.2 Å². The Hall–Kier alpha value is -0.0800. The fourth-order valence-electron chi connectivity index (χ4n) is 2.18. The lowest BCUT2D eigenvalue weighted by atomic mass is 10.0. The van der Waals surface area contributed by atoms with E-state index in [9.17, 15) is 0 Å². The third kappa shape index (κ3) is 3.55. The molecular formula is C10H24N2+2. The molecule has 2 nitrogen and oxygen atoms in total. The largest absolute Gasteiger partial charge is 0.358 e. The van der Waals surface area contributed by atoms with Crippen molar-refractivity contribution >= 4 is 0 Å². The minimum atomic E-state index is 0.966. The molecule has 2 heteroatoms. The zero-order chi connectivity index (χ0) is 8.81. The second kappa shape index (κ2) is 5.55. The molecular weight excluding hydrogens is 148 g/mol. The van der Waals surface area contributed by atoms with Crippen LogP contribution in [0.4, 0.5) is 0 Å². The van der Waals surface area contributed by atoms with Crippen LogP contribution in [0, 0.1) is 5.92 Å². The van der Waals surface area contributed by atoms with E-state index in [1.807, 2.05) is 4.90 Å². The van der Waals surface area contributed by atoms with E-state index in [1.165, 1.54) is 45.3 Å². The molecule has 1 aliphatic rings. The van der Waals surface area contributed by atoms with Gasteiger partial charge in [0.25, 0.3) is 0 Å². The first-order chi connectivity index (χ1) is 5.83. The van der Waals surface area contributed by atoms with Gasteiger partial charge in [-0.25, -0.2) is 0 Å². The highest BCUT2D eigenvalue weighted by Crippen LogP contribution is 2.04. The molecule has 0 radical (unpaired) electrons. The number of hydrogen-bond donors (Lipinski definition) is 2. The van der Waals surface area contributed by atoms with Crippen LogP contribution in [0.25, 0.3) is 0 Å². The molecule has 0 aliphatic carbocycles. The number of nitrogens with one attached hydrogen (secondary N) is 1. The molecule has 1 saturated heterocycles. The van der Waals surface area contributed by atoms with Crippen LogP contribution in [-0.2, 0) is 0 Å². The Kier molecular flexibility index (Phi) is 4.62. The van der Waals surface area contributed by atoms with Crippen LogP contribution in [-0.4, -0.2) is 26.2 Å². The molecule has 1 aliphatic heterocycles. The van der Waals surface area contributed by atoms with Gasteiger partial charge in [0.05, 0.1) is 26.2 Å². The SMILES string of the molecule is C[C@H]1CCC[NH+](CCCC[NH3+])C1. The molecule has 0 aromatic carbocycles. The van der Waals surface area contributed by atoms with Crippen LogP contribution in [0.5, 0.6) is 0 Å². The van der Waals surface area contributed by atoms with E-state index >= 15 is 0 Å². The summed E-state index contributed by atoms with van der Waals surface area (Å²) < 4.78 is 0. The first kappa shape index (κ1) is 10.0. The summed E-state index contributed by atoms with van der Waals surface area (Å²) in [5.41, 5.74) is 3.87. The van der Waals surface area contributed by atoms with E-state index < -0.39 is 0 Å². The summed E-state index contributed by atoms with van der Waals surface area (Å²) in [4.78, 5) is 1.84. The molecule has 1 fully saturated rings. The summed E-state index contributed by atoms with van der Waals surface area (Å²) in [5.74, 6) is 0.966. The monoisotopic (exact) mass is 172 g/mol. The molecule has 0 spiro atoms. The summed E-state index contributed by atoms with van der Waals surface area (Å²) in [6.45, 7) is 7.72.